The second-order valence-electron chi connectivity index (χ2n) is 7.34. The van der Waals surface area contributed by atoms with Crippen molar-refractivity contribution in [1.82, 2.24) is 24.3 Å². The van der Waals surface area contributed by atoms with Crippen LogP contribution in [-0.4, -0.2) is 56.4 Å². The van der Waals surface area contributed by atoms with Gasteiger partial charge in [-0.3, -0.25) is 4.79 Å². The summed E-state index contributed by atoms with van der Waals surface area (Å²) in [6.45, 7) is 9.23. The summed E-state index contributed by atoms with van der Waals surface area (Å²) in [5, 5.41) is 8.90. The molecular formula is C21H26N6OS. The van der Waals surface area contributed by atoms with Crippen LogP contribution in [0.4, 0.5) is 5.69 Å². The highest BCUT2D eigenvalue weighted by Crippen LogP contribution is 2.28. The van der Waals surface area contributed by atoms with Crippen molar-refractivity contribution < 1.29 is 4.79 Å². The standard InChI is InChI=1S/C21H26N6OS/c1-4-8-18-20(29-24-22-18)21(28)26-13-11-25(12-14-26)19-15(2)23-27(16(19)3)17-9-6-5-7-10-17/h5-7,9-10H,4,8,11-14H2,1-3H3. The molecule has 0 unspecified atom stereocenters. The summed E-state index contributed by atoms with van der Waals surface area (Å²) >= 11 is 1.22. The first-order chi connectivity index (χ1) is 14.1. The van der Waals surface area contributed by atoms with Gasteiger partial charge in [0.15, 0.2) is 0 Å². The van der Waals surface area contributed by atoms with E-state index in [9.17, 15) is 4.79 Å². The van der Waals surface area contributed by atoms with Gasteiger partial charge in [-0.1, -0.05) is 36.0 Å². The molecule has 0 atom stereocenters. The molecule has 4 rings (SSSR count). The maximum atomic E-state index is 12.9. The largest absolute Gasteiger partial charge is 0.365 e. The molecule has 1 aliphatic rings. The normalized spacial score (nSPS) is 14.4. The minimum atomic E-state index is 0.0662. The zero-order chi connectivity index (χ0) is 20.4. The lowest BCUT2D eigenvalue weighted by Crippen LogP contribution is -2.49. The Morgan fingerprint density at radius 3 is 2.52 bits per heavy atom. The van der Waals surface area contributed by atoms with Gasteiger partial charge in [0.2, 0.25) is 0 Å². The van der Waals surface area contributed by atoms with Gasteiger partial charge in [0, 0.05) is 26.2 Å². The van der Waals surface area contributed by atoms with Crippen LogP contribution in [0.2, 0.25) is 0 Å². The van der Waals surface area contributed by atoms with E-state index in [0.29, 0.717) is 18.0 Å². The number of benzene rings is 1. The van der Waals surface area contributed by atoms with Crippen LogP contribution in [0.25, 0.3) is 5.69 Å². The summed E-state index contributed by atoms with van der Waals surface area (Å²) in [5.74, 6) is 0.0662. The van der Waals surface area contributed by atoms with Crippen LogP contribution in [0.1, 0.15) is 40.1 Å². The second kappa shape index (κ2) is 8.32. The molecule has 8 heteroatoms. The lowest BCUT2D eigenvalue weighted by atomic mass is 10.2. The Kier molecular flexibility index (Phi) is 5.62. The minimum Gasteiger partial charge on any atom is -0.365 e. The number of piperazine rings is 1. The third kappa shape index (κ3) is 3.76. The molecule has 7 nitrogen and oxygen atoms in total. The quantitative estimate of drug-likeness (QED) is 0.646. The smallest absolute Gasteiger partial charge is 0.267 e. The van der Waals surface area contributed by atoms with Crippen molar-refractivity contribution in [3.63, 3.8) is 0 Å². The van der Waals surface area contributed by atoms with E-state index in [1.165, 1.54) is 17.2 Å². The Bertz CT molecular complexity index is 988. The molecule has 0 saturated carbocycles. The number of anilines is 1. The zero-order valence-corrected chi connectivity index (χ0v) is 17.9. The molecule has 29 heavy (non-hydrogen) atoms. The van der Waals surface area contributed by atoms with Crippen LogP contribution in [0.15, 0.2) is 30.3 Å². The second-order valence-corrected chi connectivity index (χ2v) is 8.10. The summed E-state index contributed by atoms with van der Waals surface area (Å²) in [7, 11) is 0. The number of aromatic nitrogens is 4. The summed E-state index contributed by atoms with van der Waals surface area (Å²) in [4.78, 5) is 17.9. The summed E-state index contributed by atoms with van der Waals surface area (Å²) in [5.41, 5.74) is 5.22. The molecule has 0 N–H and O–H groups in total. The highest BCUT2D eigenvalue weighted by molar-refractivity contribution is 7.08. The van der Waals surface area contributed by atoms with Crippen molar-refractivity contribution in [1.29, 1.82) is 0 Å². The Labute approximate surface area is 175 Å². The predicted octanol–water partition coefficient (Wildman–Crippen LogP) is 3.26. The molecule has 152 valence electrons. The van der Waals surface area contributed by atoms with E-state index >= 15 is 0 Å². The number of carbonyl (C=O) groups excluding carboxylic acids is 1. The van der Waals surface area contributed by atoms with E-state index in [1.807, 2.05) is 27.8 Å². The average molecular weight is 411 g/mol. The van der Waals surface area contributed by atoms with Crippen molar-refractivity contribution in [2.75, 3.05) is 31.1 Å². The highest BCUT2D eigenvalue weighted by Gasteiger charge is 2.28. The average Bonchev–Trinajstić information content (AvgIpc) is 3.32. The van der Waals surface area contributed by atoms with Gasteiger partial charge in [-0.2, -0.15) is 5.10 Å². The maximum absolute atomic E-state index is 12.9. The number of hydrogen-bond acceptors (Lipinski definition) is 6. The van der Waals surface area contributed by atoms with E-state index in [1.54, 1.807) is 0 Å². The fourth-order valence-corrected chi connectivity index (χ4v) is 4.64. The van der Waals surface area contributed by atoms with E-state index in [0.717, 1.165) is 48.7 Å². The summed E-state index contributed by atoms with van der Waals surface area (Å²) in [6, 6.07) is 10.2. The van der Waals surface area contributed by atoms with Crippen molar-refractivity contribution in [2.24, 2.45) is 0 Å². The van der Waals surface area contributed by atoms with Crippen molar-refractivity contribution >= 4 is 23.1 Å². The van der Waals surface area contributed by atoms with E-state index < -0.39 is 0 Å². The van der Waals surface area contributed by atoms with Gasteiger partial charge < -0.3 is 9.80 Å². The van der Waals surface area contributed by atoms with Crippen LogP contribution in [0, 0.1) is 13.8 Å². The molecule has 0 radical (unpaired) electrons. The van der Waals surface area contributed by atoms with Crippen molar-refractivity contribution in [2.45, 2.75) is 33.6 Å². The van der Waals surface area contributed by atoms with E-state index in [4.69, 9.17) is 5.10 Å². The van der Waals surface area contributed by atoms with Crippen LogP contribution in [0.3, 0.4) is 0 Å². The predicted molar refractivity (Wildman–Crippen MR) is 115 cm³/mol. The molecule has 3 heterocycles. The fourth-order valence-electron chi connectivity index (χ4n) is 3.96. The third-order valence-corrected chi connectivity index (χ3v) is 6.13. The topological polar surface area (TPSA) is 67.2 Å². The van der Waals surface area contributed by atoms with Gasteiger partial charge in [-0.25, -0.2) is 4.68 Å². The number of rotatable bonds is 5. The molecule has 0 spiro atoms. The number of carbonyl (C=O) groups is 1. The van der Waals surface area contributed by atoms with Crippen molar-refractivity contribution in [3.05, 3.63) is 52.3 Å². The molecular weight excluding hydrogens is 384 g/mol. The monoisotopic (exact) mass is 410 g/mol. The first-order valence-electron chi connectivity index (χ1n) is 10.1. The molecule has 1 amide bonds. The molecule has 0 bridgehead atoms. The molecule has 0 aliphatic carbocycles. The van der Waals surface area contributed by atoms with Crippen LogP contribution in [0.5, 0.6) is 0 Å². The molecule has 1 aromatic carbocycles. The SMILES string of the molecule is CCCc1nnsc1C(=O)N1CCN(c2c(C)nn(-c3ccccc3)c2C)CC1. The number of aryl methyl sites for hydroxylation is 2. The number of amides is 1. The number of hydrogen-bond donors (Lipinski definition) is 0. The molecule has 3 aromatic rings. The van der Waals surface area contributed by atoms with Crippen LogP contribution >= 0.6 is 11.5 Å². The molecule has 1 aliphatic heterocycles. The molecule has 1 saturated heterocycles. The molecule has 2 aromatic heterocycles. The summed E-state index contributed by atoms with van der Waals surface area (Å²) < 4.78 is 6.00. The first kappa shape index (κ1) is 19.6. The summed E-state index contributed by atoms with van der Waals surface area (Å²) in [6.07, 6.45) is 1.76. The maximum Gasteiger partial charge on any atom is 0.267 e. The van der Waals surface area contributed by atoms with Gasteiger partial charge in [0.25, 0.3) is 5.91 Å². The Morgan fingerprint density at radius 2 is 1.83 bits per heavy atom. The number of nitrogens with zero attached hydrogens (tertiary/aromatic N) is 6. The van der Waals surface area contributed by atoms with Gasteiger partial charge in [0.05, 0.1) is 28.5 Å². The fraction of sp³-hybridized carbons (Fsp3) is 0.429. The lowest BCUT2D eigenvalue weighted by molar-refractivity contribution is 0.0750. The van der Waals surface area contributed by atoms with Gasteiger partial charge in [-0.05, 0) is 43.9 Å². The minimum absolute atomic E-state index is 0.0662. The first-order valence-corrected chi connectivity index (χ1v) is 10.8. The van der Waals surface area contributed by atoms with Gasteiger partial charge >= 0.3 is 0 Å². The van der Waals surface area contributed by atoms with Gasteiger partial charge in [-0.15, -0.1) is 5.10 Å². The Balaban J connectivity index is 1.48. The molecule has 1 fully saturated rings. The third-order valence-electron chi connectivity index (χ3n) is 5.37. The van der Waals surface area contributed by atoms with Crippen LogP contribution < -0.4 is 4.90 Å². The van der Waals surface area contributed by atoms with E-state index in [-0.39, 0.29) is 5.91 Å². The van der Waals surface area contributed by atoms with E-state index in [2.05, 4.69) is 47.4 Å². The van der Waals surface area contributed by atoms with Crippen molar-refractivity contribution in [3.8, 4) is 5.69 Å². The van der Waals surface area contributed by atoms with Crippen LogP contribution in [-0.2, 0) is 6.42 Å². The highest BCUT2D eigenvalue weighted by atomic mass is 32.1. The zero-order valence-electron chi connectivity index (χ0n) is 17.1. The number of para-hydroxylation sites is 1. The Morgan fingerprint density at radius 1 is 1.10 bits per heavy atom. The Hall–Kier alpha value is -2.74. The lowest BCUT2D eigenvalue weighted by Gasteiger charge is -2.36. The van der Waals surface area contributed by atoms with Gasteiger partial charge in [0.1, 0.15) is 4.88 Å².